The lowest BCUT2D eigenvalue weighted by Crippen LogP contribution is -2.34. The minimum atomic E-state index is -1.17. The maximum absolute atomic E-state index is 12.4. The van der Waals surface area contributed by atoms with Crippen LogP contribution >= 0.6 is 27.5 Å². The number of nitrogens with one attached hydrogen (secondary N) is 2. The number of rotatable bonds is 5. The van der Waals surface area contributed by atoms with Crippen molar-refractivity contribution in [2.45, 2.75) is 24.8 Å². The van der Waals surface area contributed by atoms with Crippen molar-refractivity contribution in [1.29, 1.82) is 0 Å². The van der Waals surface area contributed by atoms with Gasteiger partial charge in [0.1, 0.15) is 0 Å². The topological polar surface area (TPSA) is 95.1 Å². The molecule has 3 N–H and O–H groups in total. The Morgan fingerprint density at radius 1 is 1.35 bits per heavy atom. The zero-order valence-corrected chi connectivity index (χ0v) is 14.2. The molecule has 1 amide bonds. The summed E-state index contributed by atoms with van der Waals surface area (Å²) in [5.74, 6) is -1.32. The summed E-state index contributed by atoms with van der Waals surface area (Å²) in [5, 5.41) is 19.2. The zero-order chi connectivity index (χ0) is 16.6. The van der Waals surface area contributed by atoms with Gasteiger partial charge in [0, 0.05) is 10.9 Å². The molecule has 0 aliphatic heterocycles. The van der Waals surface area contributed by atoms with E-state index in [4.69, 9.17) is 11.6 Å². The molecular weight excluding hydrogens is 386 g/mol. The van der Waals surface area contributed by atoms with Gasteiger partial charge in [-0.15, -0.1) is 0 Å². The predicted molar refractivity (Wildman–Crippen MR) is 87.6 cm³/mol. The van der Waals surface area contributed by atoms with Gasteiger partial charge < -0.3 is 10.4 Å². The molecule has 2 aromatic rings. The lowest BCUT2D eigenvalue weighted by Gasteiger charge is -2.14. The monoisotopic (exact) mass is 397 g/mol. The molecule has 1 aromatic carbocycles. The average molecular weight is 399 g/mol. The van der Waals surface area contributed by atoms with E-state index in [1.807, 2.05) is 0 Å². The number of aromatic amines is 1. The smallest absolute Gasteiger partial charge is 0.330 e. The van der Waals surface area contributed by atoms with E-state index in [-0.39, 0.29) is 5.69 Å². The first-order chi connectivity index (χ1) is 11.0. The first-order valence-corrected chi connectivity index (χ1v) is 8.17. The number of carboxylic acid groups (broad SMARTS) is 1. The Morgan fingerprint density at radius 2 is 2.00 bits per heavy atom. The number of H-pyrrole nitrogens is 1. The second-order valence-corrected chi connectivity index (χ2v) is 6.60. The normalized spacial score (nSPS) is 15.2. The third-order valence-corrected chi connectivity index (χ3v) is 4.71. The van der Waals surface area contributed by atoms with Gasteiger partial charge in [0.15, 0.2) is 11.7 Å². The predicted octanol–water partition coefficient (Wildman–Crippen LogP) is 3.26. The number of hydrogen-bond donors (Lipinski definition) is 3. The van der Waals surface area contributed by atoms with Crippen molar-refractivity contribution < 1.29 is 14.7 Å². The Bertz CT molecular complexity index is 756. The molecule has 1 atom stereocenters. The highest BCUT2D eigenvalue weighted by Gasteiger charge is 2.31. The molecular formula is C15H13BrClN3O3. The number of hydrogen-bond acceptors (Lipinski definition) is 3. The first kappa shape index (κ1) is 16.0. The van der Waals surface area contributed by atoms with Crippen LogP contribution < -0.4 is 5.32 Å². The lowest BCUT2D eigenvalue weighted by molar-refractivity contribution is -0.139. The van der Waals surface area contributed by atoms with Crippen molar-refractivity contribution in [2.24, 2.45) is 0 Å². The van der Waals surface area contributed by atoms with E-state index in [1.165, 1.54) is 0 Å². The summed E-state index contributed by atoms with van der Waals surface area (Å²) >= 11 is 9.17. The van der Waals surface area contributed by atoms with Crippen LogP contribution in [0.5, 0.6) is 0 Å². The number of benzene rings is 1. The quantitative estimate of drug-likeness (QED) is 0.720. The van der Waals surface area contributed by atoms with Crippen LogP contribution in [0.4, 0.5) is 0 Å². The Hall–Kier alpha value is -1.86. The van der Waals surface area contributed by atoms with Gasteiger partial charge in [0.05, 0.1) is 10.2 Å². The molecule has 0 bridgehead atoms. The van der Waals surface area contributed by atoms with Gasteiger partial charge in [-0.2, -0.15) is 5.10 Å². The summed E-state index contributed by atoms with van der Waals surface area (Å²) in [7, 11) is 0. The molecule has 1 unspecified atom stereocenters. The average Bonchev–Trinajstić information content (AvgIpc) is 3.28. The Morgan fingerprint density at radius 3 is 2.57 bits per heavy atom. The third kappa shape index (κ3) is 3.40. The van der Waals surface area contributed by atoms with Crippen LogP contribution in [0.1, 0.15) is 46.5 Å². The van der Waals surface area contributed by atoms with Gasteiger partial charge in [-0.05, 0) is 46.5 Å². The molecule has 1 aliphatic carbocycles. The van der Waals surface area contributed by atoms with Crippen LogP contribution in [-0.2, 0) is 4.79 Å². The summed E-state index contributed by atoms with van der Waals surface area (Å²) in [6.45, 7) is 0. The van der Waals surface area contributed by atoms with Gasteiger partial charge in [-0.25, -0.2) is 4.79 Å². The van der Waals surface area contributed by atoms with Crippen LogP contribution in [-0.4, -0.2) is 27.2 Å². The summed E-state index contributed by atoms with van der Waals surface area (Å²) in [6, 6.07) is 5.11. The number of nitrogens with zero attached hydrogens (tertiary/aromatic N) is 1. The molecule has 1 heterocycles. The minimum Gasteiger partial charge on any atom is -0.479 e. The third-order valence-electron chi connectivity index (χ3n) is 3.66. The number of carbonyl (C=O) groups is 2. The number of aliphatic carboxylic acids is 1. The van der Waals surface area contributed by atoms with E-state index in [0.717, 1.165) is 18.5 Å². The second kappa shape index (κ2) is 6.33. The van der Waals surface area contributed by atoms with Crippen molar-refractivity contribution >= 4 is 39.4 Å². The highest BCUT2D eigenvalue weighted by Crippen LogP contribution is 2.42. The number of carboxylic acids is 1. The summed E-state index contributed by atoms with van der Waals surface area (Å²) in [6.07, 6.45) is 2.12. The fourth-order valence-electron chi connectivity index (χ4n) is 2.28. The number of aromatic nitrogens is 2. The largest absolute Gasteiger partial charge is 0.479 e. The van der Waals surface area contributed by atoms with Crippen LogP contribution in [0.2, 0.25) is 5.02 Å². The highest BCUT2D eigenvalue weighted by molar-refractivity contribution is 9.10. The maximum atomic E-state index is 12.4. The van der Waals surface area contributed by atoms with E-state index in [0.29, 0.717) is 21.0 Å². The number of amides is 1. The molecule has 6 nitrogen and oxygen atoms in total. The van der Waals surface area contributed by atoms with Gasteiger partial charge in [0.25, 0.3) is 5.91 Å². The fraction of sp³-hybridized carbons (Fsp3) is 0.267. The maximum Gasteiger partial charge on any atom is 0.330 e. The first-order valence-electron chi connectivity index (χ1n) is 7.00. The SMILES string of the molecule is O=C(NC(C(=O)O)c1ccc(Cl)cc1)c1n[nH]c(C2CC2)c1Br. The van der Waals surface area contributed by atoms with E-state index in [9.17, 15) is 14.7 Å². The van der Waals surface area contributed by atoms with Crippen molar-refractivity contribution in [3.63, 3.8) is 0 Å². The van der Waals surface area contributed by atoms with E-state index in [2.05, 4.69) is 31.4 Å². The van der Waals surface area contributed by atoms with E-state index in [1.54, 1.807) is 24.3 Å². The van der Waals surface area contributed by atoms with Crippen molar-refractivity contribution in [1.82, 2.24) is 15.5 Å². The van der Waals surface area contributed by atoms with Crippen LogP contribution in [0.25, 0.3) is 0 Å². The van der Waals surface area contributed by atoms with Gasteiger partial charge in [0.2, 0.25) is 0 Å². The Kier molecular flexibility index (Phi) is 4.41. The Balaban J connectivity index is 1.81. The van der Waals surface area contributed by atoms with Crippen LogP contribution in [0.3, 0.4) is 0 Å². The fourth-order valence-corrected chi connectivity index (χ4v) is 3.08. The Labute approximate surface area is 145 Å². The highest BCUT2D eigenvalue weighted by atomic mass is 79.9. The van der Waals surface area contributed by atoms with Crippen molar-refractivity contribution in [3.8, 4) is 0 Å². The molecule has 0 spiro atoms. The van der Waals surface area contributed by atoms with Crippen molar-refractivity contribution in [3.05, 3.63) is 50.7 Å². The van der Waals surface area contributed by atoms with Gasteiger partial charge >= 0.3 is 5.97 Å². The van der Waals surface area contributed by atoms with E-state index < -0.39 is 17.9 Å². The number of carbonyl (C=O) groups excluding carboxylic acids is 1. The molecule has 1 saturated carbocycles. The second-order valence-electron chi connectivity index (χ2n) is 5.37. The molecule has 0 radical (unpaired) electrons. The molecule has 1 aliphatic rings. The van der Waals surface area contributed by atoms with Crippen LogP contribution in [0, 0.1) is 0 Å². The van der Waals surface area contributed by atoms with Crippen LogP contribution in [0.15, 0.2) is 28.7 Å². The molecule has 8 heteroatoms. The molecule has 23 heavy (non-hydrogen) atoms. The molecule has 1 aromatic heterocycles. The summed E-state index contributed by atoms with van der Waals surface area (Å²) in [4.78, 5) is 23.8. The minimum absolute atomic E-state index is 0.159. The van der Waals surface area contributed by atoms with Crippen molar-refractivity contribution in [2.75, 3.05) is 0 Å². The number of halogens is 2. The molecule has 1 fully saturated rings. The van der Waals surface area contributed by atoms with E-state index >= 15 is 0 Å². The summed E-state index contributed by atoms with van der Waals surface area (Å²) < 4.78 is 0.595. The molecule has 120 valence electrons. The van der Waals surface area contributed by atoms with Gasteiger partial charge in [-0.1, -0.05) is 23.7 Å². The van der Waals surface area contributed by atoms with Gasteiger partial charge in [-0.3, -0.25) is 9.89 Å². The molecule has 3 rings (SSSR count). The lowest BCUT2D eigenvalue weighted by atomic mass is 10.1. The molecule has 0 saturated heterocycles. The standard InChI is InChI=1S/C15H13BrClN3O3/c16-10-11(7-1-2-7)19-20-13(10)14(21)18-12(15(22)23)8-3-5-9(17)6-4-8/h3-7,12H,1-2H2,(H,18,21)(H,19,20)(H,22,23). The zero-order valence-electron chi connectivity index (χ0n) is 11.8. The summed E-state index contributed by atoms with van der Waals surface area (Å²) in [5.41, 5.74) is 1.48.